The van der Waals surface area contributed by atoms with Crippen molar-refractivity contribution in [2.75, 3.05) is 0 Å². The molecule has 74 valence electrons. The lowest BCUT2D eigenvalue weighted by Crippen LogP contribution is -2.33. The van der Waals surface area contributed by atoms with Crippen molar-refractivity contribution in [3.05, 3.63) is 0 Å². The number of rotatable bonds is 1. The molecule has 2 rings (SSSR count). The van der Waals surface area contributed by atoms with Gasteiger partial charge in [-0.25, -0.2) is 0 Å². The van der Waals surface area contributed by atoms with E-state index >= 15 is 0 Å². The van der Waals surface area contributed by atoms with Crippen LogP contribution in [0.1, 0.15) is 51.4 Å². The van der Waals surface area contributed by atoms with Crippen LogP contribution in [-0.2, 0) is 4.79 Å². The number of carboxylic acids is 1. The fourth-order valence-electron chi connectivity index (χ4n) is 3.38. The Balaban J connectivity index is 2.13. The molecule has 0 aromatic carbocycles. The van der Waals surface area contributed by atoms with E-state index in [4.69, 9.17) is 5.11 Å². The molecular formula is C11H18O2. The Hall–Kier alpha value is -0.530. The molecule has 2 saturated carbocycles. The summed E-state index contributed by atoms with van der Waals surface area (Å²) in [5.41, 5.74) is 0.212. The lowest BCUT2D eigenvalue weighted by Gasteiger charge is -2.37. The van der Waals surface area contributed by atoms with Gasteiger partial charge in [0.05, 0.1) is 5.92 Å². The summed E-state index contributed by atoms with van der Waals surface area (Å²) in [5.74, 6) is -0.563. The second kappa shape index (κ2) is 3.32. The van der Waals surface area contributed by atoms with Gasteiger partial charge in [0.15, 0.2) is 0 Å². The maximum atomic E-state index is 11.1. The van der Waals surface area contributed by atoms with Gasteiger partial charge in [0.2, 0.25) is 0 Å². The van der Waals surface area contributed by atoms with Crippen LogP contribution in [0.5, 0.6) is 0 Å². The van der Waals surface area contributed by atoms with Crippen molar-refractivity contribution in [1.82, 2.24) is 0 Å². The van der Waals surface area contributed by atoms with Gasteiger partial charge in [-0.1, -0.05) is 25.7 Å². The first-order chi connectivity index (χ1) is 6.25. The van der Waals surface area contributed by atoms with Crippen LogP contribution in [0.25, 0.3) is 0 Å². The summed E-state index contributed by atoms with van der Waals surface area (Å²) < 4.78 is 0. The van der Waals surface area contributed by atoms with Gasteiger partial charge in [0.1, 0.15) is 0 Å². The predicted molar refractivity (Wildman–Crippen MR) is 50.5 cm³/mol. The number of hydrogen-bond donors (Lipinski definition) is 1. The minimum absolute atomic E-state index is 0.0206. The van der Waals surface area contributed by atoms with Crippen LogP contribution in [-0.4, -0.2) is 11.1 Å². The van der Waals surface area contributed by atoms with E-state index in [0.29, 0.717) is 0 Å². The molecule has 0 aromatic heterocycles. The van der Waals surface area contributed by atoms with Crippen molar-refractivity contribution in [2.45, 2.75) is 51.4 Å². The second-order valence-corrected chi connectivity index (χ2v) is 4.71. The van der Waals surface area contributed by atoms with Crippen molar-refractivity contribution in [2.24, 2.45) is 11.3 Å². The van der Waals surface area contributed by atoms with Gasteiger partial charge in [-0.05, 0) is 31.1 Å². The third-order valence-corrected chi connectivity index (χ3v) is 4.05. The molecule has 1 unspecified atom stereocenters. The van der Waals surface area contributed by atoms with E-state index in [1.54, 1.807) is 0 Å². The molecule has 2 heteroatoms. The highest BCUT2D eigenvalue weighted by atomic mass is 16.4. The van der Waals surface area contributed by atoms with Gasteiger partial charge < -0.3 is 5.11 Å². The fraction of sp³-hybridized carbons (Fsp3) is 0.909. The Morgan fingerprint density at radius 3 is 2.31 bits per heavy atom. The molecule has 1 N–H and O–H groups in total. The Labute approximate surface area is 79.3 Å². The first kappa shape index (κ1) is 9.04. The third kappa shape index (κ3) is 1.47. The van der Waals surface area contributed by atoms with Crippen LogP contribution >= 0.6 is 0 Å². The molecule has 2 fully saturated rings. The highest BCUT2D eigenvalue weighted by Crippen LogP contribution is 2.52. The van der Waals surface area contributed by atoms with Crippen molar-refractivity contribution < 1.29 is 9.90 Å². The molecule has 0 heterocycles. The van der Waals surface area contributed by atoms with Crippen molar-refractivity contribution >= 4 is 5.97 Å². The van der Waals surface area contributed by atoms with Crippen LogP contribution in [0.4, 0.5) is 0 Å². The Kier molecular flexibility index (Phi) is 2.31. The van der Waals surface area contributed by atoms with Crippen LogP contribution < -0.4 is 0 Å². The summed E-state index contributed by atoms with van der Waals surface area (Å²) in [4.78, 5) is 11.1. The number of aliphatic carboxylic acids is 1. The zero-order chi connectivity index (χ0) is 9.31. The molecule has 0 aromatic rings. The van der Waals surface area contributed by atoms with Gasteiger partial charge in [-0.15, -0.1) is 0 Å². The molecule has 1 atom stereocenters. The van der Waals surface area contributed by atoms with Crippen LogP contribution in [0.15, 0.2) is 0 Å². The van der Waals surface area contributed by atoms with E-state index in [-0.39, 0.29) is 11.3 Å². The van der Waals surface area contributed by atoms with Gasteiger partial charge in [-0.3, -0.25) is 4.79 Å². The van der Waals surface area contributed by atoms with E-state index in [9.17, 15) is 4.79 Å². The number of carbonyl (C=O) groups is 1. The smallest absolute Gasteiger partial charge is 0.307 e. The minimum atomic E-state index is -0.542. The minimum Gasteiger partial charge on any atom is -0.481 e. The quantitative estimate of drug-likeness (QED) is 0.677. The van der Waals surface area contributed by atoms with E-state index in [1.165, 1.54) is 38.5 Å². The predicted octanol–water partition coefficient (Wildman–Crippen LogP) is 2.82. The number of hydrogen-bond acceptors (Lipinski definition) is 1. The van der Waals surface area contributed by atoms with Crippen molar-refractivity contribution in [1.29, 1.82) is 0 Å². The summed E-state index contributed by atoms with van der Waals surface area (Å²) in [6, 6.07) is 0. The molecule has 13 heavy (non-hydrogen) atoms. The molecule has 0 aliphatic heterocycles. The molecule has 0 bridgehead atoms. The maximum Gasteiger partial charge on any atom is 0.307 e. The highest BCUT2D eigenvalue weighted by Gasteiger charge is 2.46. The van der Waals surface area contributed by atoms with Gasteiger partial charge in [0, 0.05) is 0 Å². The standard InChI is InChI=1S/C11H18O2/c12-10(13)9-5-4-8-11(9)6-2-1-3-7-11/h9H,1-8H2,(H,12,13). The van der Waals surface area contributed by atoms with E-state index in [0.717, 1.165) is 12.8 Å². The van der Waals surface area contributed by atoms with Gasteiger partial charge >= 0.3 is 5.97 Å². The monoisotopic (exact) mass is 182 g/mol. The lowest BCUT2D eigenvalue weighted by molar-refractivity contribution is -0.146. The van der Waals surface area contributed by atoms with Gasteiger partial charge in [-0.2, -0.15) is 0 Å². The maximum absolute atomic E-state index is 11.1. The Morgan fingerprint density at radius 1 is 1.08 bits per heavy atom. The SMILES string of the molecule is O=C(O)C1CCCC12CCCCC2. The van der Waals surface area contributed by atoms with Gasteiger partial charge in [0.25, 0.3) is 0 Å². The van der Waals surface area contributed by atoms with Crippen LogP contribution in [0.3, 0.4) is 0 Å². The van der Waals surface area contributed by atoms with Crippen molar-refractivity contribution in [3.8, 4) is 0 Å². The molecule has 0 saturated heterocycles. The Bertz CT molecular complexity index is 204. The first-order valence-corrected chi connectivity index (χ1v) is 5.47. The van der Waals surface area contributed by atoms with E-state index in [1.807, 2.05) is 0 Å². The molecule has 2 aliphatic rings. The largest absolute Gasteiger partial charge is 0.481 e. The normalized spacial score (nSPS) is 32.2. The van der Waals surface area contributed by atoms with Crippen molar-refractivity contribution in [3.63, 3.8) is 0 Å². The first-order valence-electron chi connectivity index (χ1n) is 5.47. The summed E-state index contributed by atoms with van der Waals surface area (Å²) in [6.45, 7) is 0. The highest BCUT2D eigenvalue weighted by molar-refractivity contribution is 5.71. The lowest BCUT2D eigenvalue weighted by atomic mass is 9.67. The molecular weight excluding hydrogens is 164 g/mol. The summed E-state index contributed by atoms with van der Waals surface area (Å²) in [7, 11) is 0. The average molecular weight is 182 g/mol. The summed E-state index contributed by atoms with van der Waals surface area (Å²) in [5, 5.41) is 9.13. The van der Waals surface area contributed by atoms with Crippen LogP contribution in [0, 0.1) is 11.3 Å². The molecule has 0 radical (unpaired) electrons. The molecule has 2 nitrogen and oxygen atoms in total. The average Bonchev–Trinajstić information content (AvgIpc) is 2.50. The fourth-order valence-corrected chi connectivity index (χ4v) is 3.38. The molecule has 2 aliphatic carbocycles. The van der Waals surface area contributed by atoms with E-state index < -0.39 is 5.97 Å². The second-order valence-electron chi connectivity index (χ2n) is 4.71. The zero-order valence-electron chi connectivity index (χ0n) is 8.09. The number of carboxylic acid groups (broad SMARTS) is 1. The van der Waals surface area contributed by atoms with Crippen LogP contribution in [0.2, 0.25) is 0 Å². The summed E-state index contributed by atoms with van der Waals surface area (Å²) in [6.07, 6.45) is 9.39. The zero-order valence-corrected chi connectivity index (χ0v) is 8.09. The van der Waals surface area contributed by atoms with E-state index in [2.05, 4.69) is 0 Å². The topological polar surface area (TPSA) is 37.3 Å². The third-order valence-electron chi connectivity index (χ3n) is 4.05. The Morgan fingerprint density at radius 2 is 1.69 bits per heavy atom. The molecule has 1 spiro atoms. The summed E-state index contributed by atoms with van der Waals surface area (Å²) >= 11 is 0. The molecule has 0 amide bonds.